The zero-order valence-electron chi connectivity index (χ0n) is 16.3. The number of fused-ring (bicyclic) bond motifs is 3. The van der Waals surface area contributed by atoms with Gasteiger partial charge in [0.1, 0.15) is 17.8 Å². The average molecular weight is 372 g/mol. The molecule has 0 radical (unpaired) electrons. The summed E-state index contributed by atoms with van der Waals surface area (Å²) in [6.07, 6.45) is 0.747. The minimum absolute atomic E-state index is 0.0621. The lowest BCUT2D eigenvalue weighted by atomic mass is 9.82. The molecule has 2 fully saturated rings. The maximum Gasteiger partial charge on any atom is 0.341 e. The van der Waals surface area contributed by atoms with E-state index in [0.717, 1.165) is 11.1 Å². The van der Waals surface area contributed by atoms with Crippen molar-refractivity contribution in [2.24, 2.45) is 11.8 Å². The number of carbonyl (C=O) groups excluding carboxylic acids is 3. The molecule has 2 heterocycles. The molecule has 0 bridgehead atoms. The number of esters is 2. The van der Waals surface area contributed by atoms with Crippen molar-refractivity contribution in [2.45, 2.75) is 64.4 Å². The van der Waals surface area contributed by atoms with Crippen molar-refractivity contribution in [3.8, 4) is 0 Å². The molecule has 0 amide bonds. The van der Waals surface area contributed by atoms with Crippen LogP contribution in [0.25, 0.3) is 0 Å². The summed E-state index contributed by atoms with van der Waals surface area (Å²) in [5.41, 5.74) is 1.06. The Kier molecular flexibility index (Phi) is 3.64. The predicted octanol–water partition coefficient (Wildman–Crippen LogP) is 2.43. The molecule has 2 aliphatic carbocycles. The molecule has 4 aliphatic rings. The number of rotatable bonds is 2. The van der Waals surface area contributed by atoms with E-state index in [1.54, 1.807) is 13.0 Å². The second-order valence-electron chi connectivity index (χ2n) is 8.64. The first-order chi connectivity index (χ1) is 12.5. The Morgan fingerprint density at radius 1 is 1.26 bits per heavy atom. The molecule has 5 unspecified atom stereocenters. The van der Waals surface area contributed by atoms with Gasteiger partial charge in [-0.3, -0.25) is 4.79 Å². The summed E-state index contributed by atoms with van der Waals surface area (Å²) in [6, 6.07) is 0. The summed E-state index contributed by atoms with van der Waals surface area (Å²) < 4.78 is 17.0. The predicted molar refractivity (Wildman–Crippen MR) is 95.5 cm³/mol. The van der Waals surface area contributed by atoms with E-state index in [1.807, 2.05) is 27.7 Å². The Morgan fingerprint density at radius 3 is 2.48 bits per heavy atom. The number of allylic oxidation sites excluding steroid dienone is 1. The molecule has 0 N–H and O–H groups in total. The highest BCUT2D eigenvalue weighted by molar-refractivity contribution is 6.09. The van der Waals surface area contributed by atoms with E-state index in [0.29, 0.717) is 17.6 Å². The first-order valence-electron chi connectivity index (χ1n) is 9.21. The van der Waals surface area contributed by atoms with Crippen LogP contribution < -0.4 is 0 Å². The third kappa shape index (κ3) is 2.39. The molecular formula is C21H24O6. The van der Waals surface area contributed by atoms with Gasteiger partial charge in [0, 0.05) is 23.5 Å². The summed E-state index contributed by atoms with van der Waals surface area (Å²) in [4.78, 5) is 37.5. The highest BCUT2D eigenvalue weighted by atomic mass is 16.7. The number of ether oxygens (including phenoxy) is 3. The van der Waals surface area contributed by atoms with E-state index in [1.165, 1.54) is 0 Å². The van der Waals surface area contributed by atoms with E-state index in [4.69, 9.17) is 14.2 Å². The topological polar surface area (TPSA) is 82.2 Å². The molecule has 0 spiro atoms. The summed E-state index contributed by atoms with van der Waals surface area (Å²) in [7, 11) is 0. The largest absolute Gasteiger partial charge is 0.459 e. The average Bonchev–Trinajstić information content (AvgIpc) is 2.80. The summed E-state index contributed by atoms with van der Waals surface area (Å²) in [6.45, 7) is 13.0. The van der Waals surface area contributed by atoms with Crippen LogP contribution in [0.15, 0.2) is 34.9 Å². The van der Waals surface area contributed by atoms with Crippen molar-refractivity contribution >= 4 is 17.7 Å². The molecule has 0 aromatic heterocycles. The van der Waals surface area contributed by atoms with Gasteiger partial charge in [-0.05, 0) is 40.7 Å². The first-order valence-corrected chi connectivity index (χ1v) is 9.21. The fourth-order valence-corrected chi connectivity index (χ4v) is 4.65. The van der Waals surface area contributed by atoms with Gasteiger partial charge in [0.05, 0.1) is 5.92 Å². The maximum atomic E-state index is 12.8. The third-order valence-electron chi connectivity index (χ3n) is 6.60. The monoisotopic (exact) mass is 372 g/mol. The SMILES string of the molecule is C=C1C(=O)OC2C3C(C)=CC(=O)C3=C(C)CC(OC(=O)C3(C)OC3(C)C)C12. The van der Waals surface area contributed by atoms with Gasteiger partial charge < -0.3 is 14.2 Å². The van der Waals surface area contributed by atoms with Crippen LogP contribution in [0, 0.1) is 11.8 Å². The van der Waals surface area contributed by atoms with Crippen molar-refractivity contribution in [1.82, 2.24) is 0 Å². The number of epoxide rings is 1. The Labute approximate surface area is 158 Å². The summed E-state index contributed by atoms with van der Waals surface area (Å²) in [5.74, 6) is -1.82. The molecule has 0 saturated carbocycles. The van der Waals surface area contributed by atoms with E-state index < -0.39 is 41.3 Å². The summed E-state index contributed by atoms with van der Waals surface area (Å²) >= 11 is 0. The Hall–Kier alpha value is -2.21. The van der Waals surface area contributed by atoms with Gasteiger partial charge in [0.25, 0.3) is 0 Å². The highest BCUT2D eigenvalue weighted by Gasteiger charge is 2.67. The van der Waals surface area contributed by atoms with Crippen LogP contribution >= 0.6 is 0 Å². The van der Waals surface area contributed by atoms with Crippen molar-refractivity contribution in [3.05, 3.63) is 34.9 Å². The molecule has 6 nitrogen and oxygen atoms in total. The zero-order valence-corrected chi connectivity index (χ0v) is 16.3. The molecule has 6 heteroatoms. The minimum Gasteiger partial charge on any atom is -0.459 e. The standard InChI is InChI=1S/C21H24O6/c1-9-7-12(22)14-10(2)8-13(25-19(24)21(6)20(4,5)27-21)16-11(3)18(23)26-17(16)15(9)14/h7,13,15-17H,3,8H2,1-2,4-6H3. The van der Waals surface area contributed by atoms with Gasteiger partial charge in [-0.15, -0.1) is 0 Å². The lowest BCUT2D eigenvalue weighted by Gasteiger charge is -2.28. The minimum atomic E-state index is -1.01. The number of ketones is 1. The zero-order chi connectivity index (χ0) is 19.9. The second-order valence-corrected chi connectivity index (χ2v) is 8.64. The van der Waals surface area contributed by atoms with Crippen LogP contribution in [0.2, 0.25) is 0 Å². The molecule has 0 aromatic rings. The Morgan fingerprint density at radius 2 is 1.89 bits per heavy atom. The lowest BCUT2D eigenvalue weighted by Crippen LogP contribution is -2.39. The molecule has 2 aliphatic heterocycles. The third-order valence-corrected chi connectivity index (χ3v) is 6.60. The van der Waals surface area contributed by atoms with Gasteiger partial charge in [0.2, 0.25) is 0 Å². The number of hydrogen-bond donors (Lipinski definition) is 0. The van der Waals surface area contributed by atoms with Crippen molar-refractivity contribution in [3.63, 3.8) is 0 Å². The smallest absolute Gasteiger partial charge is 0.341 e. The van der Waals surface area contributed by atoms with Gasteiger partial charge in [-0.2, -0.15) is 0 Å². The lowest BCUT2D eigenvalue weighted by molar-refractivity contribution is -0.158. The first kappa shape index (κ1) is 18.2. The molecule has 4 rings (SSSR count). The van der Waals surface area contributed by atoms with Crippen LogP contribution in [0.1, 0.15) is 41.0 Å². The van der Waals surface area contributed by atoms with Crippen LogP contribution in [-0.2, 0) is 28.6 Å². The van der Waals surface area contributed by atoms with Gasteiger partial charge >= 0.3 is 11.9 Å². The molecule has 144 valence electrons. The van der Waals surface area contributed by atoms with Crippen LogP contribution in [-0.4, -0.2) is 41.1 Å². The van der Waals surface area contributed by atoms with E-state index in [2.05, 4.69) is 6.58 Å². The Balaban J connectivity index is 1.71. The van der Waals surface area contributed by atoms with Crippen LogP contribution in [0.4, 0.5) is 0 Å². The van der Waals surface area contributed by atoms with Crippen LogP contribution in [0.5, 0.6) is 0 Å². The fourth-order valence-electron chi connectivity index (χ4n) is 4.65. The fraction of sp³-hybridized carbons (Fsp3) is 0.571. The summed E-state index contributed by atoms with van der Waals surface area (Å²) in [5, 5.41) is 0. The molecule has 5 atom stereocenters. The number of hydrogen-bond acceptors (Lipinski definition) is 6. The van der Waals surface area contributed by atoms with Gasteiger partial charge in [0.15, 0.2) is 11.4 Å². The molecule has 27 heavy (non-hydrogen) atoms. The van der Waals surface area contributed by atoms with Crippen molar-refractivity contribution in [1.29, 1.82) is 0 Å². The van der Waals surface area contributed by atoms with E-state index in [9.17, 15) is 14.4 Å². The maximum absolute atomic E-state index is 12.8. The van der Waals surface area contributed by atoms with Gasteiger partial charge in [-0.25, -0.2) is 9.59 Å². The van der Waals surface area contributed by atoms with Crippen LogP contribution in [0.3, 0.4) is 0 Å². The Bertz CT molecular complexity index is 860. The van der Waals surface area contributed by atoms with Crippen molar-refractivity contribution < 1.29 is 28.6 Å². The molecule has 0 aromatic carbocycles. The highest BCUT2D eigenvalue weighted by Crippen LogP contribution is 2.51. The molecular weight excluding hydrogens is 348 g/mol. The second kappa shape index (κ2) is 5.41. The van der Waals surface area contributed by atoms with E-state index >= 15 is 0 Å². The van der Waals surface area contributed by atoms with E-state index in [-0.39, 0.29) is 11.7 Å². The number of carbonyl (C=O) groups is 3. The molecule has 2 saturated heterocycles. The van der Waals surface area contributed by atoms with Gasteiger partial charge in [-0.1, -0.05) is 17.7 Å². The quantitative estimate of drug-likeness (QED) is 0.421. The normalized spacial score (nSPS) is 39.4. The van der Waals surface area contributed by atoms with Crippen molar-refractivity contribution in [2.75, 3.05) is 0 Å².